The molecule has 0 spiro atoms. The zero-order chi connectivity index (χ0) is 24.1. The predicted octanol–water partition coefficient (Wildman–Crippen LogP) is 2.00. The average Bonchev–Trinajstić information content (AvgIpc) is 2.78. The van der Waals surface area contributed by atoms with Crippen LogP contribution in [0, 0.1) is 0 Å². The van der Waals surface area contributed by atoms with Crippen LogP contribution >= 0.6 is 12.2 Å². The molecule has 3 rings (SSSR count). The van der Waals surface area contributed by atoms with Crippen LogP contribution < -0.4 is 24.8 Å². The highest BCUT2D eigenvalue weighted by Crippen LogP contribution is 2.31. The maximum atomic E-state index is 13.3. The third-order valence-corrected chi connectivity index (χ3v) is 5.21. The van der Waals surface area contributed by atoms with Crippen molar-refractivity contribution in [3.05, 3.63) is 59.2 Å². The molecule has 0 unspecified atom stereocenters. The summed E-state index contributed by atoms with van der Waals surface area (Å²) < 4.78 is 10.9. The second kappa shape index (κ2) is 10.3. The van der Waals surface area contributed by atoms with E-state index in [0.29, 0.717) is 24.3 Å². The van der Waals surface area contributed by atoms with Crippen LogP contribution in [0.3, 0.4) is 0 Å². The summed E-state index contributed by atoms with van der Waals surface area (Å²) in [6.45, 7) is 5.37. The molecule has 0 bridgehead atoms. The normalized spacial score (nSPS) is 15.9. The smallest absolute Gasteiger partial charge is 0.270 e. The monoisotopic (exact) mass is 467 g/mol. The molecule has 1 saturated heterocycles. The van der Waals surface area contributed by atoms with E-state index in [2.05, 4.69) is 5.32 Å². The fraction of sp³-hybridized carbons (Fsp3) is 0.250. The van der Waals surface area contributed by atoms with Crippen molar-refractivity contribution in [3.63, 3.8) is 0 Å². The van der Waals surface area contributed by atoms with Gasteiger partial charge in [-0.15, -0.1) is 0 Å². The Hall–Kier alpha value is -3.72. The molecular formula is C24H23N2O6S-. The summed E-state index contributed by atoms with van der Waals surface area (Å²) >= 11 is 5.28. The van der Waals surface area contributed by atoms with Gasteiger partial charge in [0.2, 0.25) is 0 Å². The number of ether oxygens (including phenoxy) is 2. The number of para-hydroxylation sites is 1. The molecule has 0 aliphatic carbocycles. The fourth-order valence-electron chi connectivity index (χ4n) is 3.29. The number of nitrogens with one attached hydrogen (secondary N) is 1. The summed E-state index contributed by atoms with van der Waals surface area (Å²) in [6.07, 6.45) is 0.918. The van der Waals surface area contributed by atoms with Gasteiger partial charge in [0.05, 0.1) is 18.3 Å². The summed E-state index contributed by atoms with van der Waals surface area (Å²) in [7, 11) is 0. The van der Waals surface area contributed by atoms with Crippen molar-refractivity contribution in [2.45, 2.75) is 33.3 Å². The van der Waals surface area contributed by atoms with Crippen molar-refractivity contribution < 1.29 is 29.0 Å². The molecule has 1 atom stereocenters. The standard InChI is InChI=1S/C24H24N2O6S/c1-4-16-8-6-7-9-18(16)26-22(28)17(21(27)25-24(26)33)12-15-10-11-19(20(13-15)31-5-2)32-14(3)23(29)30/h6-14H,4-5H2,1-3H3,(H,29,30)(H,25,27,33)/p-1/b17-12+/t14-/m1/s1. The first-order chi connectivity index (χ1) is 15.8. The van der Waals surface area contributed by atoms with Crippen LogP contribution in [0.5, 0.6) is 11.5 Å². The van der Waals surface area contributed by atoms with E-state index in [1.807, 2.05) is 19.1 Å². The van der Waals surface area contributed by atoms with Crippen molar-refractivity contribution in [1.82, 2.24) is 5.32 Å². The van der Waals surface area contributed by atoms with Crippen molar-refractivity contribution in [3.8, 4) is 11.5 Å². The van der Waals surface area contributed by atoms with E-state index in [0.717, 1.165) is 5.56 Å². The number of aryl methyl sites for hydroxylation is 1. The van der Waals surface area contributed by atoms with Gasteiger partial charge in [0.1, 0.15) is 11.7 Å². The van der Waals surface area contributed by atoms with Gasteiger partial charge in [0, 0.05) is 0 Å². The summed E-state index contributed by atoms with van der Waals surface area (Å²) in [6, 6.07) is 12.0. The van der Waals surface area contributed by atoms with E-state index < -0.39 is 23.9 Å². The first kappa shape index (κ1) is 23.9. The van der Waals surface area contributed by atoms with E-state index >= 15 is 0 Å². The number of carboxylic acids is 1. The quantitative estimate of drug-likeness (QED) is 0.359. The van der Waals surface area contributed by atoms with Crippen molar-refractivity contribution in [1.29, 1.82) is 0 Å². The maximum absolute atomic E-state index is 13.3. The lowest BCUT2D eigenvalue weighted by molar-refractivity contribution is -0.312. The number of carbonyl (C=O) groups excluding carboxylic acids is 3. The molecule has 8 nitrogen and oxygen atoms in total. The van der Waals surface area contributed by atoms with Gasteiger partial charge in [-0.3, -0.25) is 19.8 Å². The summed E-state index contributed by atoms with van der Waals surface area (Å²) in [5.41, 5.74) is 1.90. The number of anilines is 1. The number of hydrogen-bond acceptors (Lipinski definition) is 7. The number of amides is 2. The van der Waals surface area contributed by atoms with Gasteiger partial charge in [-0.25, -0.2) is 0 Å². The number of rotatable bonds is 8. The number of nitrogens with zero attached hydrogens (tertiary/aromatic N) is 1. The van der Waals surface area contributed by atoms with Gasteiger partial charge < -0.3 is 19.4 Å². The Bertz CT molecular complexity index is 1140. The number of carboxylic acid groups (broad SMARTS) is 1. The van der Waals surface area contributed by atoms with Gasteiger partial charge >= 0.3 is 0 Å². The molecule has 2 aromatic rings. The molecule has 1 fully saturated rings. The molecule has 1 heterocycles. The Morgan fingerprint density at radius 3 is 2.58 bits per heavy atom. The van der Waals surface area contributed by atoms with E-state index in [9.17, 15) is 19.5 Å². The molecule has 2 amide bonds. The van der Waals surface area contributed by atoms with Crippen molar-refractivity contribution in [2.24, 2.45) is 0 Å². The second-order valence-electron chi connectivity index (χ2n) is 7.16. The Labute approximate surface area is 196 Å². The van der Waals surface area contributed by atoms with Crippen LogP contribution in [0.1, 0.15) is 31.9 Å². The highest BCUT2D eigenvalue weighted by Gasteiger charge is 2.35. The molecule has 0 radical (unpaired) electrons. The highest BCUT2D eigenvalue weighted by atomic mass is 32.1. The summed E-state index contributed by atoms with van der Waals surface area (Å²) in [4.78, 5) is 38.2. The zero-order valence-electron chi connectivity index (χ0n) is 18.4. The molecule has 0 aromatic heterocycles. The largest absolute Gasteiger partial charge is 0.546 e. The van der Waals surface area contributed by atoms with Gasteiger partial charge in [-0.2, -0.15) is 0 Å². The lowest BCUT2D eigenvalue weighted by Crippen LogP contribution is -2.54. The Balaban J connectivity index is 1.99. The van der Waals surface area contributed by atoms with Crippen LogP contribution in [-0.2, 0) is 20.8 Å². The molecule has 0 saturated carbocycles. The number of hydrogen-bond donors (Lipinski definition) is 1. The van der Waals surface area contributed by atoms with Gasteiger partial charge in [-0.1, -0.05) is 31.2 Å². The number of aliphatic carboxylic acids is 1. The van der Waals surface area contributed by atoms with Gasteiger partial charge in [0.25, 0.3) is 11.8 Å². The van der Waals surface area contributed by atoms with Crippen LogP contribution in [0.15, 0.2) is 48.0 Å². The van der Waals surface area contributed by atoms with E-state index in [1.165, 1.54) is 24.0 Å². The highest BCUT2D eigenvalue weighted by molar-refractivity contribution is 7.80. The van der Waals surface area contributed by atoms with Crippen molar-refractivity contribution in [2.75, 3.05) is 11.5 Å². The van der Waals surface area contributed by atoms with E-state index in [1.54, 1.807) is 31.2 Å². The fourth-order valence-corrected chi connectivity index (χ4v) is 3.56. The molecule has 9 heteroatoms. The van der Waals surface area contributed by atoms with Crippen LogP contribution in [0.25, 0.3) is 6.08 Å². The minimum absolute atomic E-state index is 0.0121. The average molecular weight is 468 g/mol. The molecule has 1 aliphatic rings. The third-order valence-electron chi connectivity index (χ3n) is 4.93. The Morgan fingerprint density at radius 1 is 1.18 bits per heavy atom. The summed E-state index contributed by atoms with van der Waals surface area (Å²) in [5.74, 6) is -2.05. The maximum Gasteiger partial charge on any atom is 0.270 e. The molecule has 172 valence electrons. The first-order valence-corrected chi connectivity index (χ1v) is 10.8. The van der Waals surface area contributed by atoms with Crippen molar-refractivity contribution >= 4 is 46.9 Å². The third kappa shape index (κ3) is 5.20. The molecule has 33 heavy (non-hydrogen) atoms. The molecular weight excluding hydrogens is 444 g/mol. The first-order valence-electron chi connectivity index (χ1n) is 10.4. The van der Waals surface area contributed by atoms with Gasteiger partial charge in [-0.05, 0) is 67.9 Å². The number of thiocarbonyl (C=S) groups is 1. The van der Waals surface area contributed by atoms with Gasteiger partial charge in [0.15, 0.2) is 16.6 Å². The van der Waals surface area contributed by atoms with Crippen LogP contribution in [0.4, 0.5) is 5.69 Å². The topological polar surface area (TPSA) is 108 Å². The lowest BCUT2D eigenvalue weighted by atomic mass is 10.0. The number of benzene rings is 2. The Morgan fingerprint density at radius 2 is 1.91 bits per heavy atom. The molecule has 1 aliphatic heterocycles. The number of carbonyl (C=O) groups is 3. The van der Waals surface area contributed by atoms with E-state index in [4.69, 9.17) is 21.7 Å². The molecule has 1 N–H and O–H groups in total. The minimum Gasteiger partial charge on any atom is -0.546 e. The SMILES string of the molecule is CCOc1cc(/C=C2\C(=O)NC(=S)N(c3ccccc3CC)C2=O)ccc1O[C@H](C)C(=O)[O-]. The zero-order valence-corrected chi connectivity index (χ0v) is 19.2. The van der Waals surface area contributed by atoms with Crippen LogP contribution in [0.2, 0.25) is 0 Å². The van der Waals surface area contributed by atoms with E-state index in [-0.39, 0.29) is 22.2 Å². The minimum atomic E-state index is -1.36. The predicted molar refractivity (Wildman–Crippen MR) is 125 cm³/mol. The van der Waals surface area contributed by atoms with Crippen LogP contribution in [-0.4, -0.2) is 35.6 Å². The summed E-state index contributed by atoms with van der Waals surface area (Å²) in [5, 5.41) is 13.6. The second-order valence-corrected chi connectivity index (χ2v) is 7.55. The lowest BCUT2D eigenvalue weighted by Gasteiger charge is -2.30. The molecule has 2 aromatic carbocycles. The Kier molecular flexibility index (Phi) is 7.44.